The van der Waals surface area contributed by atoms with Gasteiger partial charge in [-0.15, -0.1) is 0 Å². The maximum Gasteiger partial charge on any atom is 0.244 e. The predicted molar refractivity (Wildman–Crippen MR) is 126 cm³/mol. The molecule has 0 unspecified atom stereocenters. The van der Waals surface area contributed by atoms with Crippen molar-refractivity contribution < 1.29 is 22.5 Å². The lowest BCUT2D eigenvalue weighted by Crippen LogP contribution is -2.45. The van der Waals surface area contributed by atoms with Crippen molar-refractivity contribution in [3.05, 3.63) is 58.9 Å². The van der Waals surface area contributed by atoms with Crippen LogP contribution in [0.3, 0.4) is 0 Å². The number of rotatable bonds is 7. The van der Waals surface area contributed by atoms with Crippen LogP contribution in [0.15, 0.2) is 51.9 Å². The van der Waals surface area contributed by atoms with Crippen LogP contribution in [0.2, 0.25) is 5.02 Å². The number of hydrogen-bond acceptors (Lipinski definition) is 7. The molecule has 1 atom stereocenters. The van der Waals surface area contributed by atoms with Crippen LogP contribution < -0.4 is 10.1 Å². The Bertz CT molecular complexity index is 1290. The minimum atomic E-state index is -3.95. The van der Waals surface area contributed by atoms with Crippen molar-refractivity contribution in [2.24, 2.45) is 5.92 Å². The summed E-state index contributed by atoms with van der Waals surface area (Å²) in [5.74, 6) is 0.653. The van der Waals surface area contributed by atoms with Gasteiger partial charge in [0.05, 0.1) is 18.1 Å². The molecule has 2 aromatic carbocycles. The van der Waals surface area contributed by atoms with Crippen LogP contribution >= 0.6 is 11.6 Å². The minimum Gasteiger partial charge on any atom is -0.496 e. The van der Waals surface area contributed by atoms with Gasteiger partial charge in [-0.05, 0) is 37.1 Å². The molecule has 0 saturated carbocycles. The van der Waals surface area contributed by atoms with E-state index in [0.717, 1.165) is 5.56 Å². The van der Waals surface area contributed by atoms with Crippen molar-refractivity contribution in [1.29, 1.82) is 0 Å². The van der Waals surface area contributed by atoms with E-state index in [0.29, 0.717) is 43.1 Å². The van der Waals surface area contributed by atoms with Gasteiger partial charge in [0.2, 0.25) is 27.6 Å². The number of para-hydroxylation sites is 1. The number of hydrogen-bond donors (Lipinski definition) is 1. The van der Waals surface area contributed by atoms with Crippen LogP contribution in [0, 0.1) is 12.8 Å². The molecule has 1 aliphatic heterocycles. The quantitative estimate of drug-likeness (QED) is 0.524. The first kappa shape index (κ1) is 24.2. The lowest BCUT2D eigenvalue weighted by Gasteiger charge is -2.31. The Morgan fingerprint density at radius 2 is 2.09 bits per heavy atom. The summed E-state index contributed by atoms with van der Waals surface area (Å²) >= 11 is 6.28. The first-order valence-electron chi connectivity index (χ1n) is 10.8. The number of amides is 1. The lowest BCUT2D eigenvalue weighted by atomic mass is 9.98. The normalized spacial score (nSPS) is 16.9. The second kappa shape index (κ2) is 10.1. The molecule has 0 bridgehead atoms. The lowest BCUT2D eigenvalue weighted by molar-refractivity contribution is -0.126. The average Bonchev–Trinajstić information content (AvgIpc) is 3.29. The van der Waals surface area contributed by atoms with Crippen molar-refractivity contribution in [2.45, 2.75) is 31.2 Å². The molecule has 0 aliphatic carbocycles. The van der Waals surface area contributed by atoms with E-state index >= 15 is 0 Å². The SMILES string of the molecule is COc1ccccc1CNC(=O)[C@H]1CCCN(S(=O)(=O)c2cc(-c3noc(C)n3)ccc2Cl)C1. The predicted octanol–water partition coefficient (Wildman–Crippen LogP) is 3.42. The van der Waals surface area contributed by atoms with E-state index in [9.17, 15) is 13.2 Å². The van der Waals surface area contributed by atoms with E-state index in [-0.39, 0.29) is 28.2 Å². The van der Waals surface area contributed by atoms with E-state index in [2.05, 4.69) is 15.5 Å². The van der Waals surface area contributed by atoms with E-state index in [1.165, 1.54) is 16.4 Å². The van der Waals surface area contributed by atoms with Gasteiger partial charge in [0.15, 0.2) is 0 Å². The molecular formula is C23H25ClN4O5S. The highest BCUT2D eigenvalue weighted by molar-refractivity contribution is 7.89. The summed E-state index contributed by atoms with van der Waals surface area (Å²) < 4.78 is 38.5. The zero-order chi connectivity index (χ0) is 24.3. The third-order valence-electron chi connectivity index (χ3n) is 5.74. The highest BCUT2D eigenvalue weighted by Gasteiger charge is 2.34. The molecule has 4 rings (SSSR count). The van der Waals surface area contributed by atoms with Crippen molar-refractivity contribution in [2.75, 3.05) is 20.2 Å². The Kier molecular flexibility index (Phi) is 7.20. The summed E-state index contributed by atoms with van der Waals surface area (Å²) in [6.07, 6.45) is 1.16. The number of nitrogens with one attached hydrogen (secondary N) is 1. The number of carbonyl (C=O) groups excluding carboxylic acids is 1. The van der Waals surface area contributed by atoms with Crippen molar-refractivity contribution in [1.82, 2.24) is 19.8 Å². The summed E-state index contributed by atoms with van der Waals surface area (Å²) in [6, 6.07) is 12.0. The van der Waals surface area contributed by atoms with Gasteiger partial charge in [-0.25, -0.2) is 8.42 Å². The van der Waals surface area contributed by atoms with Gasteiger partial charge < -0.3 is 14.6 Å². The molecule has 1 N–H and O–H groups in total. The van der Waals surface area contributed by atoms with Gasteiger partial charge in [0.25, 0.3) is 0 Å². The number of ether oxygens (including phenoxy) is 1. The zero-order valence-corrected chi connectivity index (χ0v) is 20.4. The molecule has 2 heterocycles. The fraction of sp³-hybridized carbons (Fsp3) is 0.348. The van der Waals surface area contributed by atoms with Gasteiger partial charge in [-0.2, -0.15) is 9.29 Å². The number of aryl methyl sites for hydroxylation is 1. The highest BCUT2D eigenvalue weighted by Crippen LogP contribution is 2.31. The summed E-state index contributed by atoms with van der Waals surface area (Å²) in [7, 11) is -2.37. The number of carbonyl (C=O) groups is 1. The van der Waals surface area contributed by atoms with Crippen molar-refractivity contribution in [3.63, 3.8) is 0 Å². The fourth-order valence-electron chi connectivity index (χ4n) is 3.95. The topological polar surface area (TPSA) is 115 Å². The zero-order valence-electron chi connectivity index (χ0n) is 18.8. The number of nitrogens with zero attached hydrogens (tertiary/aromatic N) is 3. The molecule has 0 radical (unpaired) electrons. The van der Waals surface area contributed by atoms with Crippen LogP contribution in [0.1, 0.15) is 24.3 Å². The molecule has 11 heteroatoms. The third-order valence-corrected chi connectivity index (χ3v) is 8.08. The third kappa shape index (κ3) is 5.08. The number of methoxy groups -OCH3 is 1. The van der Waals surface area contributed by atoms with Gasteiger partial charge in [-0.1, -0.05) is 35.0 Å². The first-order valence-corrected chi connectivity index (χ1v) is 12.6. The molecule has 1 fully saturated rings. The molecule has 1 aliphatic rings. The monoisotopic (exact) mass is 504 g/mol. The second-order valence-corrected chi connectivity index (χ2v) is 10.3. The summed E-state index contributed by atoms with van der Waals surface area (Å²) in [5.41, 5.74) is 1.32. The van der Waals surface area contributed by atoms with Crippen LogP contribution in [-0.4, -0.2) is 49.0 Å². The van der Waals surface area contributed by atoms with Crippen molar-refractivity contribution in [3.8, 4) is 17.1 Å². The number of aromatic nitrogens is 2. The van der Waals surface area contributed by atoms with E-state index in [1.54, 1.807) is 20.1 Å². The molecule has 34 heavy (non-hydrogen) atoms. The highest BCUT2D eigenvalue weighted by atomic mass is 35.5. The fourth-order valence-corrected chi connectivity index (χ4v) is 5.97. The smallest absolute Gasteiger partial charge is 0.244 e. The maximum atomic E-state index is 13.5. The maximum absolute atomic E-state index is 13.5. The largest absolute Gasteiger partial charge is 0.496 e. The van der Waals surface area contributed by atoms with Crippen LogP contribution in [0.4, 0.5) is 0 Å². The van der Waals surface area contributed by atoms with Gasteiger partial charge >= 0.3 is 0 Å². The second-order valence-electron chi connectivity index (χ2n) is 8.01. The molecule has 1 aromatic heterocycles. The van der Waals surface area contributed by atoms with E-state index < -0.39 is 15.9 Å². The molecule has 0 spiro atoms. The molecule has 180 valence electrons. The molecular weight excluding hydrogens is 480 g/mol. The Labute approximate surface area is 203 Å². The van der Waals surface area contributed by atoms with Crippen LogP contribution in [0.5, 0.6) is 5.75 Å². The molecule has 1 amide bonds. The Morgan fingerprint density at radius 3 is 2.82 bits per heavy atom. The van der Waals surface area contributed by atoms with Gasteiger partial charge in [0.1, 0.15) is 10.6 Å². The number of sulfonamides is 1. The van der Waals surface area contributed by atoms with Gasteiger partial charge in [-0.3, -0.25) is 4.79 Å². The minimum absolute atomic E-state index is 0.0517. The summed E-state index contributed by atoms with van der Waals surface area (Å²) in [5, 5.41) is 6.84. The van der Waals surface area contributed by atoms with Crippen LogP contribution in [0.25, 0.3) is 11.4 Å². The molecule has 1 saturated heterocycles. The summed E-state index contributed by atoms with van der Waals surface area (Å²) in [6.45, 7) is 2.32. The standard InChI is InChI=1S/C23H25ClN4O5S/c1-15-26-22(27-33-15)16-9-10-19(24)21(12-16)34(30,31)28-11-5-7-18(14-28)23(29)25-13-17-6-3-4-8-20(17)32-2/h3-4,6,8-10,12,18H,5,7,11,13-14H2,1-2H3,(H,25,29)/t18-/m0/s1. The first-order chi connectivity index (χ1) is 16.3. The molecule has 9 nitrogen and oxygen atoms in total. The Morgan fingerprint density at radius 1 is 1.29 bits per heavy atom. The van der Waals surface area contributed by atoms with Gasteiger partial charge in [0, 0.05) is 37.7 Å². The average molecular weight is 505 g/mol. The van der Waals surface area contributed by atoms with E-state index in [1.807, 2.05) is 24.3 Å². The number of piperidine rings is 1. The van der Waals surface area contributed by atoms with Crippen LogP contribution in [-0.2, 0) is 21.4 Å². The summed E-state index contributed by atoms with van der Waals surface area (Å²) in [4.78, 5) is 17.0. The van der Waals surface area contributed by atoms with Crippen molar-refractivity contribution >= 4 is 27.5 Å². The Hall–Kier alpha value is -2.95. The number of halogens is 1. The molecule has 3 aromatic rings. The Balaban J connectivity index is 1.49. The van der Waals surface area contributed by atoms with E-state index in [4.69, 9.17) is 20.9 Å². The number of benzene rings is 2.